The summed E-state index contributed by atoms with van der Waals surface area (Å²) < 4.78 is 0. The van der Waals surface area contributed by atoms with E-state index in [2.05, 4.69) is 4.98 Å². The Morgan fingerprint density at radius 3 is 2.58 bits per heavy atom. The molecular weight excluding hydrogens is 244 g/mol. The van der Waals surface area contributed by atoms with E-state index in [-0.39, 0.29) is 17.4 Å². The van der Waals surface area contributed by atoms with Gasteiger partial charge in [0.15, 0.2) is 5.88 Å². The standard InChI is InChI=1S/C14H14N2O3/c1-16(9-10-5-3-2-4-6-10)14(19)11-7-12(17)15-13(18)8-11/h2-8H,9H2,1H3,(H2,15,17,18). The molecule has 0 atom stereocenters. The topological polar surface area (TPSA) is 73.4 Å². The minimum absolute atomic E-state index is 0.166. The molecule has 5 nitrogen and oxygen atoms in total. The Kier molecular flexibility index (Phi) is 3.66. The number of nitrogens with one attached hydrogen (secondary N) is 1. The highest BCUT2D eigenvalue weighted by molar-refractivity contribution is 5.94. The van der Waals surface area contributed by atoms with Crippen molar-refractivity contribution in [2.75, 3.05) is 7.05 Å². The molecule has 2 rings (SSSR count). The van der Waals surface area contributed by atoms with Gasteiger partial charge in [-0.2, -0.15) is 0 Å². The SMILES string of the molecule is CN(Cc1ccccc1)C(=O)c1cc(O)[nH]c(=O)c1. The first-order chi connectivity index (χ1) is 9.06. The second kappa shape index (κ2) is 5.39. The van der Waals surface area contributed by atoms with Gasteiger partial charge in [-0.3, -0.25) is 14.6 Å². The van der Waals surface area contributed by atoms with Gasteiger partial charge >= 0.3 is 0 Å². The maximum Gasteiger partial charge on any atom is 0.254 e. The van der Waals surface area contributed by atoms with Crippen molar-refractivity contribution in [2.45, 2.75) is 6.54 Å². The quantitative estimate of drug-likeness (QED) is 0.872. The molecule has 0 spiro atoms. The third-order valence-corrected chi connectivity index (χ3v) is 2.69. The number of rotatable bonds is 3. The molecule has 0 saturated carbocycles. The average Bonchev–Trinajstić information content (AvgIpc) is 2.37. The zero-order chi connectivity index (χ0) is 13.8. The molecule has 0 radical (unpaired) electrons. The van der Waals surface area contributed by atoms with Gasteiger partial charge in [0.25, 0.3) is 11.5 Å². The Bertz CT molecular complexity index is 635. The maximum atomic E-state index is 12.1. The molecule has 0 fully saturated rings. The number of amides is 1. The van der Waals surface area contributed by atoms with Crippen LogP contribution in [-0.4, -0.2) is 27.9 Å². The van der Waals surface area contributed by atoms with E-state index in [0.29, 0.717) is 6.54 Å². The zero-order valence-electron chi connectivity index (χ0n) is 10.5. The number of carbonyl (C=O) groups is 1. The number of aromatic nitrogens is 1. The van der Waals surface area contributed by atoms with E-state index in [1.807, 2.05) is 30.3 Å². The van der Waals surface area contributed by atoms with Gasteiger partial charge < -0.3 is 10.0 Å². The van der Waals surface area contributed by atoms with E-state index >= 15 is 0 Å². The van der Waals surface area contributed by atoms with Crippen LogP contribution in [0.3, 0.4) is 0 Å². The fraction of sp³-hybridized carbons (Fsp3) is 0.143. The van der Waals surface area contributed by atoms with Crippen molar-refractivity contribution in [1.82, 2.24) is 9.88 Å². The van der Waals surface area contributed by atoms with Crippen LogP contribution in [-0.2, 0) is 6.54 Å². The van der Waals surface area contributed by atoms with E-state index in [0.717, 1.165) is 5.56 Å². The number of nitrogens with zero attached hydrogens (tertiary/aromatic N) is 1. The van der Waals surface area contributed by atoms with Crippen LogP contribution in [0.4, 0.5) is 0 Å². The molecule has 5 heteroatoms. The Balaban J connectivity index is 2.17. The summed E-state index contributed by atoms with van der Waals surface area (Å²) >= 11 is 0. The smallest absolute Gasteiger partial charge is 0.254 e. The van der Waals surface area contributed by atoms with Crippen LogP contribution < -0.4 is 5.56 Å². The summed E-state index contributed by atoms with van der Waals surface area (Å²) in [5, 5.41) is 9.29. The molecule has 1 heterocycles. The van der Waals surface area contributed by atoms with Crippen LogP contribution in [0.5, 0.6) is 5.88 Å². The van der Waals surface area contributed by atoms with Gasteiger partial charge in [0.1, 0.15) is 0 Å². The summed E-state index contributed by atoms with van der Waals surface area (Å²) in [7, 11) is 1.65. The molecule has 0 bridgehead atoms. The minimum atomic E-state index is -0.503. The van der Waals surface area contributed by atoms with E-state index in [1.165, 1.54) is 17.0 Å². The summed E-state index contributed by atoms with van der Waals surface area (Å²) in [5.41, 5.74) is 0.656. The lowest BCUT2D eigenvalue weighted by Crippen LogP contribution is -2.27. The molecular formula is C14H14N2O3. The first-order valence-electron chi connectivity index (χ1n) is 5.79. The Morgan fingerprint density at radius 1 is 1.26 bits per heavy atom. The molecule has 1 aromatic heterocycles. The summed E-state index contributed by atoms with van der Waals surface area (Å²) in [6, 6.07) is 11.9. The van der Waals surface area contributed by atoms with Crippen LogP contribution >= 0.6 is 0 Å². The Labute approximate surface area is 110 Å². The number of aromatic hydroxyl groups is 1. The first kappa shape index (κ1) is 12.9. The predicted molar refractivity (Wildman–Crippen MR) is 71.0 cm³/mol. The third kappa shape index (κ3) is 3.22. The number of hydrogen-bond acceptors (Lipinski definition) is 3. The normalized spacial score (nSPS) is 10.2. The fourth-order valence-corrected chi connectivity index (χ4v) is 1.80. The van der Waals surface area contributed by atoms with Gasteiger partial charge in [-0.05, 0) is 5.56 Å². The average molecular weight is 258 g/mol. The van der Waals surface area contributed by atoms with E-state index in [9.17, 15) is 14.7 Å². The Hall–Kier alpha value is -2.56. The molecule has 0 aliphatic carbocycles. The van der Waals surface area contributed by atoms with Gasteiger partial charge in [0, 0.05) is 25.7 Å². The molecule has 1 aromatic carbocycles. The lowest BCUT2D eigenvalue weighted by Gasteiger charge is -2.17. The molecule has 2 aromatic rings. The number of aromatic amines is 1. The molecule has 0 saturated heterocycles. The summed E-state index contributed by atoms with van der Waals surface area (Å²) in [6.07, 6.45) is 0. The van der Waals surface area contributed by atoms with Crippen molar-refractivity contribution in [3.63, 3.8) is 0 Å². The molecule has 1 amide bonds. The highest BCUT2D eigenvalue weighted by Crippen LogP contribution is 2.09. The minimum Gasteiger partial charge on any atom is -0.494 e. The monoisotopic (exact) mass is 258 g/mol. The van der Waals surface area contributed by atoms with Crippen molar-refractivity contribution < 1.29 is 9.90 Å². The second-order valence-corrected chi connectivity index (χ2v) is 4.27. The molecule has 0 unspecified atom stereocenters. The van der Waals surface area contributed by atoms with Crippen molar-refractivity contribution >= 4 is 5.91 Å². The molecule has 0 aliphatic rings. The lowest BCUT2D eigenvalue weighted by atomic mass is 10.2. The van der Waals surface area contributed by atoms with E-state index in [4.69, 9.17) is 0 Å². The van der Waals surface area contributed by atoms with Crippen molar-refractivity contribution in [2.24, 2.45) is 0 Å². The van der Waals surface area contributed by atoms with Gasteiger partial charge in [-0.1, -0.05) is 30.3 Å². The lowest BCUT2D eigenvalue weighted by molar-refractivity contribution is 0.0784. The number of hydrogen-bond donors (Lipinski definition) is 2. The maximum absolute atomic E-state index is 12.1. The van der Waals surface area contributed by atoms with E-state index < -0.39 is 5.56 Å². The van der Waals surface area contributed by atoms with Crippen LogP contribution in [0.25, 0.3) is 0 Å². The number of benzene rings is 1. The molecule has 98 valence electrons. The van der Waals surface area contributed by atoms with Crippen molar-refractivity contribution in [1.29, 1.82) is 0 Å². The van der Waals surface area contributed by atoms with Gasteiger partial charge in [0.2, 0.25) is 0 Å². The molecule has 0 aliphatic heterocycles. The van der Waals surface area contributed by atoms with Crippen LogP contribution in [0.1, 0.15) is 15.9 Å². The summed E-state index contributed by atoms with van der Waals surface area (Å²) in [5.74, 6) is -0.630. The Morgan fingerprint density at radius 2 is 1.95 bits per heavy atom. The predicted octanol–water partition coefficient (Wildman–Crippen LogP) is 1.35. The summed E-state index contributed by atoms with van der Waals surface area (Å²) in [4.78, 5) is 27.0. The number of carbonyl (C=O) groups excluding carboxylic acids is 1. The van der Waals surface area contributed by atoms with Crippen LogP contribution in [0.15, 0.2) is 47.3 Å². The largest absolute Gasteiger partial charge is 0.494 e. The summed E-state index contributed by atoms with van der Waals surface area (Å²) in [6.45, 7) is 0.438. The van der Waals surface area contributed by atoms with Gasteiger partial charge in [-0.15, -0.1) is 0 Å². The fourth-order valence-electron chi connectivity index (χ4n) is 1.80. The van der Waals surface area contributed by atoms with Crippen molar-refractivity contribution in [3.05, 3.63) is 63.9 Å². The molecule has 19 heavy (non-hydrogen) atoms. The van der Waals surface area contributed by atoms with Gasteiger partial charge in [0.05, 0.1) is 5.56 Å². The highest BCUT2D eigenvalue weighted by Gasteiger charge is 2.13. The third-order valence-electron chi connectivity index (χ3n) is 2.69. The van der Waals surface area contributed by atoms with Crippen LogP contribution in [0, 0.1) is 0 Å². The first-order valence-corrected chi connectivity index (χ1v) is 5.79. The number of H-pyrrole nitrogens is 1. The van der Waals surface area contributed by atoms with E-state index in [1.54, 1.807) is 7.05 Å². The zero-order valence-corrected chi connectivity index (χ0v) is 10.5. The van der Waals surface area contributed by atoms with Crippen molar-refractivity contribution in [3.8, 4) is 5.88 Å². The number of pyridine rings is 1. The second-order valence-electron chi connectivity index (χ2n) is 4.27. The van der Waals surface area contributed by atoms with Gasteiger partial charge in [-0.25, -0.2) is 0 Å². The highest BCUT2D eigenvalue weighted by atomic mass is 16.3. The van der Waals surface area contributed by atoms with Crippen LogP contribution in [0.2, 0.25) is 0 Å². The molecule has 2 N–H and O–H groups in total.